The molecule has 0 radical (unpaired) electrons. The quantitative estimate of drug-likeness (QED) is 0.861. The van der Waals surface area contributed by atoms with Crippen molar-refractivity contribution in [2.75, 3.05) is 24.4 Å². The number of hydrogen-bond donors (Lipinski definition) is 1. The second-order valence-electron chi connectivity index (χ2n) is 7.05. The standard InChI is InChI=1S/C18H23N3O3S2/c1-13-5-9-21(10-6-13)16-7-11-24-17-12-14(2-3-15(16)17)26(22,23)20-18-4-8-19-25-18/h2-4,8,12-13,16,20H,5-7,9-11H2,1H3/t16-/m0/s1. The van der Waals surface area contributed by atoms with Crippen LogP contribution < -0.4 is 9.46 Å². The normalized spacial score (nSPS) is 21.8. The SMILES string of the molecule is CC1CCN([C@H]2CCOc3cc(S(=O)(=O)Nc4ccns4)ccc32)CC1. The fourth-order valence-electron chi connectivity index (χ4n) is 3.70. The lowest BCUT2D eigenvalue weighted by molar-refractivity contribution is 0.103. The lowest BCUT2D eigenvalue weighted by atomic mass is 9.93. The molecule has 140 valence electrons. The summed E-state index contributed by atoms with van der Waals surface area (Å²) in [6.07, 6.45) is 4.96. The summed E-state index contributed by atoms with van der Waals surface area (Å²) < 4.78 is 37.5. The predicted octanol–water partition coefficient (Wildman–Crippen LogP) is 3.50. The van der Waals surface area contributed by atoms with E-state index in [2.05, 4.69) is 20.9 Å². The average molecular weight is 394 g/mol. The molecule has 0 spiro atoms. The molecule has 0 bridgehead atoms. The Hall–Kier alpha value is -1.64. The molecule has 0 aliphatic carbocycles. The second-order valence-corrected chi connectivity index (χ2v) is 9.57. The summed E-state index contributed by atoms with van der Waals surface area (Å²) in [5.74, 6) is 1.47. The van der Waals surface area contributed by atoms with Gasteiger partial charge in [0.25, 0.3) is 10.0 Å². The second kappa shape index (κ2) is 7.17. The van der Waals surface area contributed by atoms with E-state index in [1.807, 2.05) is 6.07 Å². The van der Waals surface area contributed by atoms with Crippen molar-refractivity contribution in [1.82, 2.24) is 9.27 Å². The van der Waals surface area contributed by atoms with Crippen molar-refractivity contribution in [2.24, 2.45) is 5.92 Å². The number of rotatable bonds is 4. The largest absolute Gasteiger partial charge is 0.493 e. The number of nitrogens with zero attached hydrogens (tertiary/aromatic N) is 2. The maximum absolute atomic E-state index is 12.6. The highest BCUT2D eigenvalue weighted by atomic mass is 32.2. The molecule has 2 aliphatic rings. The summed E-state index contributed by atoms with van der Waals surface area (Å²) in [4.78, 5) is 2.74. The van der Waals surface area contributed by atoms with Crippen molar-refractivity contribution >= 4 is 26.6 Å². The minimum Gasteiger partial charge on any atom is -0.493 e. The Bertz CT molecular complexity index is 860. The number of anilines is 1. The van der Waals surface area contributed by atoms with Crippen LogP contribution in [0.1, 0.15) is 37.8 Å². The van der Waals surface area contributed by atoms with E-state index in [4.69, 9.17) is 4.74 Å². The summed E-state index contributed by atoms with van der Waals surface area (Å²) in [5.41, 5.74) is 1.10. The summed E-state index contributed by atoms with van der Waals surface area (Å²) in [7, 11) is -3.64. The molecule has 0 saturated carbocycles. The van der Waals surface area contributed by atoms with Gasteiger partial charge in [0, 0.05) is 30.3 Å². The van der Waals surface area contributed by atoms with Gasteiger partial charge in [-0.1, -0.05) is 13.0 Å². The van der Waals surface area contributed by atoms with Crippen LogP contribution in [-0.4, -0.2) is 37.4 Å². The van der Waals surface area contributed by atoms with Gasteiger partial charge in [-0.3, -0.25) is 9.62 Å². The lowest BCUT2D eigenvalue weighted by Crippen LogP contribution is -2.38. The molecule has 1 saturated heterocycles. The van der Waals surface area contributed by atoms with Gasteiger partial charge in [-0.2, -0.15) is 4.37 Å². The molecule has 1 aromatic carbocycles. The first-order chi connectivity index (χ1) is 12.5. The zero-order chi connectivity index (χ0) is 18.1. The number of likely N-dealkylation sites (tertiary alicyclic amines) is 1. The summed E-state index contributed by atoms with van der Waals surface area (Å²) in [6.45, 7) is 5.12. The summed E-state index contributed by atoms with van der Waals surface area (Å²) >= 11 is 1.11. The third kappa shape index (κ3) is 3.58. The van der Waals surface area contributed by atoms with Crippen LogP contribution in [0.2, 0.25) is 0 Å². The molecule has 1 N–H and O–H groups in total. The number of piperidine rings is 1. The topological polar surface area (TPSA) is 71.5 Å². The Balaban J connectivity index is 1.58. The van der Waals surface area contributed by atoms with Crippen LogP contribution in [0.4, 0.5) is 5.00 Å². The van der Waals surface area contributed by atoms with Gasteiger partial charge in [0.15, 0.2) is 0 Å². The first kappa shape index (κ1) is 17.8. The summed E-state index contributed by atoms with van der Waals surface area (Å²) in [6, 6.07) is 7.20. The molecule has 26 heavy (non-hydrogen) atoms. The van der Waals surface area contributed by atoms with Gasteiger partial charge < -0.3 is 4.74 Å². The van der Waals surface area contributed by atoms with Gasteiger partial charge in [0.1, 0.15) is 10.8 Å². The molecular weight excluding hydrogens is 370 g/mol. The molecule has 0 unspecified atom stereocenters. The van der Waals surface area contributed by atoms with Crippen LogP contribution in [0, 0.1) is 5.92 Å². The van der Waals surface area contributed by atoms with E-state index in [-0.39, 0.29) is 4.90 Å². The highest BCUT2D eigenvalue weighted by molar-refractivity contribution is 7.93. The van der Waals surface area contributed by atoms with Crippen LogP contribution in [0.3, 0.4) is 0 Å². The van der Waals surface area contributed by atoms with Crippen LogP contribution in [0.5, 0.6) is 5.75 Å². The van der Waals surface area contributed by atoms with Crippen LogP contribution in [0.15, 0.2) is 35.4 Å². The van der Waals surface area contributed by atoms with E-state index in [0.29, 0.717) is 23.4 Å². The van der Waals surface area contributed by atoms with E-state index < -0.39 is 10.0 Å². The average Bonchev–Trinajstić information content (AvgIpc) is 3.14. The fourth-order valence-corrected chi connectivity index (χ4v) is 5.49. The Labute approximate surface area is 158 Å². The first-order valence-electron chi connectivity index (χ1n) is 8.97. The van der Waals surface area contributed by atoms with Crippen molar-refractivity contribution in [2.45, 2.75) is 37.1 Å². The number of nitrogens with one attached hydrogen (secondary N) is 1. The van der Waals surface area contributed by atoms with E-state index in [1.165, 1.54) is 12.8 Å². The van der Waals surface area contributed by atoms with Crippen molar-refractivity contribution in [3.8, 4) is 5.75 Å². The number of ether oxygens (including phenoxy) is 1. The molecule has 3 heterocycles. The van der Waals surface area contributed by atoms with Crippen LogP contribution in [-0.2, 0) is 10.0 Å². The fraction of sp³-hybridized carbons (Fsp3) is 0.500. The van der Waals surface area contributed by atoms with Gasteiger partial charge in [-0.25, -0.2) is 8.42 Å². The summed E-state index contributed by atoms with van der Waals surface area (Å²) in [5, 5.41) is 0.504. The Morgan fingerprint density at radius 3 is 2.77 bits per heavy atom. The van der Waals surface area contributed by atoms with Gasteiger partial charge in [0.05, 0.1) is 11.5 Å². The number of sulfonamides is 1. The van der Waals surface area contributed by atoms with Crippen LogP contribution in [0.25, 0.3) is 0 Å². The van der Waals surface area contributed by atoms with Gasteiger partial charge in [-0.05, 0) is 55.5 Å². The maximum atomic E-state index is 12.6. The van der Waals surface area contributed by atoms with E-state index in [9.17, 15) is 8.42 Å². The molecular formula is C18H23N3O3S2. The number of fused-ring (bicyclic) bond motifs is 1. The molecule has 0 amide bonds. The monoisotopic (exact) mass is 393 g/mol. The van der Waals surface area contributed by atoms with E-state index in [0.717, 1.165) is 42.5 Å². The zero-order valence-electron chi connectivity index (χ0n) is 14.7. The zero-order valence-corrected chi connectivity index (χ0v) is 16.4. The Morgan fingerprint density at radius 2 is 2.04 bits per heavy atom. The van der Waals surface area contributed by atoms with Crippen molar-refractivity contribution in [3.63, 3.8) is 0 Å². The van der Waals surface area contributed by atoms with Crippen molar-refractivity contribution in [1.29, 1.82) is 0 Å². The minimum absolute atomic E-state index is 0.220. The first-order valence-corrected chi connectivity index (χ1v) is 11.2. The Morgan fingerprint density at radius 1 is 1.23 bits per heavy atom. The molecule has 2 aromatic rings. The molecule has 6 nitrogen and oxygen atoms in total. The number of hydrogen-bond acceptors (Lipinski definition) is 6. The third-order valence-electron chi connectivity index (χ3n) is 5.23. The highest BCUT2D eigenvalue weighted by Crippen LogP contribution is 2.39. The Kier molecular flexibility index (Phi) is 4.90. The van der Waals surface area contributed by atoms with Gasteiger partial charge >= 0.3 is 0 Å². The lowest BCUT2D eigenvalue weighted by Gasteiger charge is -2.39. The molecule has 2 aliphatic heterocycles. The predicted molar refractivity (Wildman–Crippen MR) is 102 cm³/mol. The maximum Gasteiger partial charge on any atom is 0.262 e. The van der Waals surface area contributed by atoms with E-state index >= 15 is 0 Å². The minimum atomic E-state index is -3.64. The highest BCUT2D eigenvalue weighted by Gasteiger charge is 2.30. The van der Waals surface area contributed by atoms with Crippen molar-refractivity contribution < 1.29 is 13.2 Å². The van der Waals surface area contributed by atoms with Crippen LogP contribution >= 0.6 is 11.5 Å². The number of benzene rings is 1. The number of aromatic nitrogens is 1. The third-order valence-corrected chi connectivity index (χ3v) is 7.39. The molecule has 8 heteroatoms. The van der Waals surface area contributed by atoms with Gasteiger partial charge in [0.2, 0.25) is 0 Å². The smallest absolute Gasteiger partial charge is 0.262 e. The van der Waals surface area contributed by atoms with E-state index in [1.54, 1.807) is 24.4 Å². The van der Waals surface area contributed by atoms with Gasteiger partial charge in [-0.15, -0.1) is 0 Å². The molecule has 1 fully saturated rings. The molecule has 4 rings (SSSR count). The molecule has 1 atom stereocenters. The van der Waals surface area contributed by atoms with Crippen molar-refractivity contribution in [3.05, 3.63) is 36.0 Å². The molecule has 1 aromatic heterocycles.